The van der Waals surface area contributed by atoms with Crippen LogP contribution in [0, 0.1) is 11.3 Å². The van der Waals surface area contributed by atoms with Crippen LogP contribution >= 0.6 is 11.6 Å². The Hall–Kier alpha value is -1.53. The second-order valence-electron chi connectivity index (χ2n) is 2.98. The Bertz CT molecular complexity index is 398. The Morgan fingerprint density at radius 1 is 1.60 bits per heavy atom. The first-order chi connectivity index (χ1) is 7.19. The van der Waals surface area contributed by atoms with Crippen molar-refractivity contribution in [2.75, 3.05) is 7.11 Å². The number of hydrogen-bond acceptors (Lipinski definition) is 3. The monoisotopic (exact) mass is 223 g/mol. The van der Waals surface area contributed by atoms with Crippen molar-refractivity contribution in [3.05, 3.63) is 34.9 Å². The molecule has 0 spiro atoms. The van der Waals surface area contributed by atoms with Crippen molar-refractivity contribution in [3.63, 3.8) is 0 Å². The van der Waals surface area contributed by atoms with Crippen LogP contribution in [-0.4, -0.2) is 13.1 Å². The zero-order chi connectivity index (χ0) is 11.3. The summed E-state index contributed by atoms with van der Waals surface area (Å²) in [6, 6.07) is 9.02. The molecule has 0 radical (unpaired) electrons. The predicted molar refractivity (Wildman–Crippen MR) is 56.4 cm³/mol. The molecule has 78 valence electrons. The van der Waals surface area contributed by atoms with Crippen LogP contribution in [0.3, 0.4) is 0 Å². The smallest absolute Gasteiger partial charge is 0.307 e. The highest BCUT2D eigenvalue weighted by Gasteiger charge is 2.17. The minimum Gasteiger partial charge on any atom is -0.469 e. The summed E-state index contributed by atoms with van der Waals surface area (Å²) in [5.74, 6) is -0.965. The van der Waals surface area contributed by atoms with E-state index in [-0.39, 0.29) is 6.42 Å². The highest BCUT2D eigenvalue weighted by molar-refractivity contribution is 6.31. The molecule has 1 rings (SSSR count). The molecule has 0 N–H and O–H groups in total. The fourth-order valence-electron chi connectivity index (χ4n) is 1.23. The Labute approximate surface area is 93.2 Å². The van der Waals surface area contributed by atoms with Crippen LogP contribution in [0.5, 0.6) is 0 Å². The molecule has 0 saturated heterocycles. The number of rotatable bonds is 3. The lowest BCUT2D eigenvalue weighted by Gasteiger charge is -2.09. The van der Waals surface area contributed by atoms with Crippen molar-refractivity contribution in [2.45, 2.75) is 12.3 Å². The van der Waals surface area contributed by atoms with Gasteiger partial charge in [-0.15, -0.1) is 0 Å². The average Bonchev–Trinajstić information content (AvgIpc) is 2.26. The second kappa shape index (κ2) is 5.38. The van der Waals surface area contributed by atoms with Crippen molar-refractivity contribution in [2.24, 2.45) is 0 Å². The lowest BCUT2D eigenvalue weighted by atomic mass is 9.97. The van der Waals surface area contributed by atoms with Crippen LogP contribution in [0.2, 0.25) is 5.02 Å². The van der Waals surface area contributed by atoms with E-state index in [4.69, 9.17) is 16.9 Å². The van der Waals surface area contributed by atoms with Crippen LogP contribution in [-0.2, 0) is 9.53 Å². The summed E-state index contributed by atoms with van der Waals surface area (Å²) in [7, 11) is 1.30. The van der Waals surface area contributed by atoms with Gasteiger partial charge in [0.1, 0.15) is 0 Å². The average molecular weight is 224 g/mol. The van der Waals surface area contributed by atoms with Gasteiger partial charge in [0.25, 0.3) is 0 Å². The van der Waals surface area contributed by atoms with E-state index in [0.717, 1.165) is 0 Å². The highest BCUT2D eigenvalue weighted by atomic mass is 35.5. The second-order valence-corrected chi connectivity index (χ2v) is 3.39. The summed E-state index contributed by atoms with van der Waals surface area (Å²) in [6.07, 6.45) is 0.0245. The molecule has 15 heavy (non-hydrogen) atoms. The van der Waals surface area contributed by atoms with Gasteiger partial charge in [-0.3, -0.25) is 4.79 Å². The largest absolute Gasteiger partial charge is 0.469 e. The van der Waals surface area contributed by atoms with E-state index >= 15 is 0 Å². The summed E-state index contributed by atoms with van der Waals surface area (Å²) < 4.78 is 4.51. The molecular formula is C11H10ClNO2. The molecule has 0 aromatic heterocycles. The SMILES string of the molecule is COC(=O)CC(C#N)c1ccccc1Cl. The van der Waals surface area contributed by atoms with Gasteiger partial charge >= 0.3 is 5.97 Å². The zero-order valence-corrected chi connectivity index (χ0v) is 8.99. The van der Waals surface area contributed by atoms with E-state index in [9.17, 15) is 4.79 Å². The number of ether oxygens (including phenoxy) is 1. The summed E-state index contributed by atoms with van der Waals surface area (Å²) >= 11 is 5.92. The van der Waals surface area contributed by atoms with Gasteiger partial charge in [-0.05, 0) is 11.6 Å². The summed E-state index contributed by atoms with van der Waals surface area (Å²) in [4.78, 5) is 11.0. The molecule has 4 heteroatoms. The fourth-order valence-corrected chi connectivity index (χ4v) is 1.50. The fraction of sp³-hybridized carbons (Fsp3) is 0.273. The minimum absolute atomic E-state index is 0.0245. The van der Waals surface area contributed by atoms with E-state index in [1.807, 2.05) is 6.07 Å². The quantitative estimate of drug-likeness (QED) is 0.740. The lowest BCUT2D eigenvalue weighted by Crippen LogP contribution is -2.07. The third-order valence-corrected chi connectivity index (χ3v) is 2.38. The Balaban J connectivity index is 2.89. The summed E-state index contributed by atoms with van der Waals surface area (Å²) in [6.45, 7) is 0. The first-order valence-electron chi connectivity index (χ1n) is 4.40. The number of methoxy groups -OCH3 is 1. The number of carbonyl (C=O) groups excluding carboxylic acids is 1. The molecule has 0 heterocycles. The summed E-state index contributed by atoms with van der Waals surface area (Å²) in [5, 5.41) is 9.43. The van der Waals surface area contributed by atoms with E-state index < -0.39 is 11.9 Å². The van der Waals surface area contributed by atoms with Crippen molar-refractivity contribution in [1.82, 2.24) is 0 Å². The Kier molecular flexibility index (Phi) is 4.14. The molecule has 0 aliphatic heterocycles. The lowest BCUT2D eigenvalue weighted by molar-refractivity contribution is -0.140. The van der Waals surface area contributed by atoms with Crippen molar-refractivity contribution in [3.8, 4) is 6.07 Å². The van der Waals surface area contributed by atoms with E-state index in [0.29, 0.717) is 10.6 Å². The third kappa shape index (κ3) is 2.97. The standard InChI is InChI=1S/C11H10ClNO2/c1-15-11(14)6-8(7-13)9-4-2-3-5-10(9)12/h2-5,8H,6H2,1H3. The van der Waals surface area contributed by atoms with Gasteiger partial charge in [-0.2, -0.15) is 5.26 Å². The molecule has 0 saturated carbocycles. The van der Waals surface area contributed by atoms with Gasteiger partial charge in [0.2, 0.25) is 0 Å². The zero-order valence-electron chi connectivity index (χ0n) is 8.24. The van der Waals surface area contributed by atoms with Crippen LogP contribution in [0.25, 0.3) is 0 Å². The van der Waals surface area contributed by atoms with Gasteiger partial charge in [0.05, 0.1) is 25.5 Å². The molecule has 1 unspecified atom stereocenters. The van der Waals surface area contributed by atoms with Crippen molar-refractivity contribution >= 4 is 17.6 Å². The molecule has 3 nitrogen and oxygen atoms in total. The Morgan fingerprint density at radius 3 is 2.80 bits per heavy atom. The number of esters is 1. The van der Waals surface area contributed by atoms with Gasteiger partial charge in [-0.25, -0.2) is 0 Å². The first-order valence-corrected chi connectivity index (χ1v) is 4.77. The van der Waals surface area contributed by atoms with Gasteiger partial charge in [0.15, 0.2) is 0 Å². The van der Waals surface area contributed by atoms with Gasteiger partial charge in [0, 0.05) is 5.02 Å². The molecule has 0 bridgehead atoms. The maximum absolute atomic E-state index is 11.0. The molecule has 1 atom stereocenters. The normalized spacial score (nSPS) is 11.5. The van der Waals surface area contributed by atoms with E-state index in [2.05, 4.69) is 4.74 Å². The molecule has 1 aromatic rings. The van der Waals surface area contributed by atoms with Crippen LogP contribution < -0.4 is 0 Å². The van der Waals surface area contributed by atoms with Gasteiger partial charge < -0.3 is 4.74 Å². The maximum atomic E-state index is 11.0. The highest BCUT2D eigenvalue weighted by Crippen LogP contribution is 2.26. The van der Waals surface area contributed by atoms with Crippen molar-refractivity contribution in [1.29, 1.82) is 5.26 Å². The topological polar surface area (TPSA) is 50.1 Å². The van der Waals surface area contributed by atoms with E-state index in [1.165, 1.54) is 7.11 Å². The van der Waals surface area contributed by atoms with Crippen LogP contribution in [0.4, 0.5) is 0 Å². The number of carbonyl (C=O) groups is 1. The predicted octanol–water partition coefficient (Wildman–Crippen LogP) is 2.51. The molecular weight excluding hydrogens is 214 g/mol. The molecule has 1 aromatic carbocycles. The number of nitriles is 1. The third-order valence-electron chi connectivity index (χ3n) is 2.03. The number of halogens is 1. The molecule has 0 amide bonds. The van der Waals surface area contributed by atoms with Crippen molar-refractivity contribution < 1.29 is 9.53 Å². The number of hydrogen-bond donors (Lipinski definition) is 0. The van der Waals surface area contributed by atoms with Gasteiger partial charge in [-0.1, -0.05) is 29.8 Å². The molecule has 0 fully saturated rings. The van der Waals surface area contributed by atoms with Crippen LogP contribution in [0.15, 0.2) is 24.3 Å². The maximum Gasteiger partial charge on any atom is 0.307 e. The first kappa shape index (κ1) is 11.5. The summed E-state index contributed by atoms with van der Waals surface area (Å²) in [5.41, 5.74) is 0.659. The Morgan fingerprint density at radius 2 is 2.27 bits per heavy atom. The van der Waals surface area contributed by atoms with E-state index in [1.54, 1.807) is 24.3 Å². The molecule has 0 aliphatic rings. The minimum atomic E-state index is -0.550. The molecule has 0 aliphatic carbocycles. The number of nitrogens with zero attached hydrogens (tertiary/aromatic N) is 1. The van der Waals surface area contributed by atoms with Crippen LogP contribution in [0.1, 0.15) is 17.9 Å². The number of benzene rings is 1.